The molecule has 2 aliphatic heterocycles. The number of rotatable bonds is 1. The summed E-state index contributed by atoms with van der Waals surface area (Å²) in [6.45, 7) is 3.76. The van der Waals surface area contributed by atoms with Gasteiger partial charge in [-0.2, -0.15) is 39.5 Å². The van der Waals surface area contributed by atoms with Crippen LogP contribution in [0.15, 0.2) is 0 Å². The first-order chi connectivity index (χ1) is 9.66. The molecule has 0 aliphatic carbocycles. The van der Waals surface area contributed by atoms with E-state index in [0.29, 0.717) is 0 Å². The molecule has 2 fully saturated rings. The average Bonchev–Trinajstić information content (AvgIpc) is 2.96. The fraction of sp³-hybridized carbons (Fsp3) is 1.00. The van der Waals surface area contributed by atoms with Crippen molar-refractivity contribution in [3.05, 3.63) is 0 Å². The van der Waals surface area contributed by atoms with Crippen LogP contribution in [0.25, 0.3) is 0 Å². The molecule has 2 rings (SSSR count). The molecule has 0 radical (unpaired) electrons. The smallest absolute Gasteiger partial charge is 0.326 e. The lowest BCUT2D eigenvalue weighted by Crippen LogP contribution is -2.50. The molecule has 23 heavy (non-hydrogen) atoms. The minimum Gasteiger partial charge on any atom is -0.326 e. The van der Waals surface area contributed by atoms with Crippen LogP contribution in [0.5, 0.6) is 0 Å². The van der Waals surface area contributed by atoms with Gasteiger partial charge in [0.15, 0.2) is 0 Å². The van der Waals surface area contributed by atoms with Crippen molar-refractivity contribution in [1.29, 1.82) is 0 Å². The molecule has 12 heteroatoms. The van der Waals surface area contributed by atoms with Crippen LogP contribution in [0.4, 0.5) is 43.9 Å². The molecule has 138 valence electrons. The van der Waals surface area contributed by atoms with Crippen molar-refractivity contribution in [2.24, 2.45) is 0 Å². The number of hydrogen-bond donors (Lipinski definition) is 0. The lowest BCUT2D eigenvalue weighted by molar-refractivity contribution is -0.325. The zero-order valence-corrected chi connectivity index (χ0v) is 12.1. The summed E-state index contributed by atoms with van der Waals surface area (Å²) in [4.78, 5) is 0. The van der Waals surface area contributed by atoms with Crippen LogP contribution in [0.3, 0.4) is 0 Å². The van der Waals surface area contributed by atoms with Crippen LogP contribution in [0.1, 0.15) is 27.7 Å². The molecule has 2 unspecified atom stereocenters. The summed E-state index contributed by atoms with van der Waals surface area (Å²) in [5.74, 6) is -12.8. The van der Waals surface area contributed by atoms with Crippen LogP contribution < -0.4 is 0 Å². The lowest BCUT2D eigenvalue weighted by Gasteiger charge is -2.21. The van der Waals surface area contributed by atoms with Crippen molar-refractivity contribution in [3.8, 4) is 0 Å². The molecule has 0 aromatic heterocycles. The highest BCUT2D eigenvalue weighted by Gasteiger charge is 2.87. The van der Waals surface area contributed by atoms with E-state index in [9.17, 15) is 43.9 Å². The Balaban J connectivity index is 0.000000238. The molecule has 0 aromatic carbocycles. The third-order valence-electron chi connectivity index (χ3n) is 3.38. The first kappa shape index (κ1) is 20.3. The zero-order valence-electron chi connectivity index (χ0n) is 12.1. The fourth-order valence-corrected chi connectivity index (χ4v) is 1.68. The van der Waals surface area contributed by atoms with Crippen LogP contribution in [0, 0.1) is 0 Å². The lowest BCUT2D eigenvalue weighted by atomic mass is 10.0. The first-order valence-corrected chi connectivity index (χ1v) is 5.96. The van der Waals surface area contributed by atoms with Crippen molar-refractivity contribution in [3.63, 3.8) is 0 Å². The van der Waals surface area contributed by atoms with E-state index in [4.69, 9.17) is 0 Å². The van der Waals surface area contributed by atoms with Crippen molar-refractivity contribution in [1.82, 2.24) is 0 Å². The van der Waals surface area contributed by atoms with E-state index in [-0.39, 0.29) is 0 Å². The number of epoxide rings is 2. The normalized spacial score (nSPS) is 35.2. The predicted octanol–water partition coefficient (Wildman–Crippen LogP) is 4.68. The molecule has 2 heterocycles. The third-order valence-corrected chi connectivity index (χ3v) is 3.38. The van der Waals surface area contributed by atoms with Gasteiger partial charge in [0.05, 0.1) is 0 Å². The Morgan fingerprint density at radius 3 is 0.913 bits per heavy atom. The second-order valence-corrected chi connectivity index (χ2v) is 5.99. The minimum absolute atomic E-state index is 0.826. The Morgan fingerprint density at radius 1 is 0.609 bits per heavy atom. The van der Waals surface area contributed by atoms with Gasteiger partial charge in [-0.15, -0.1) is 0 Å². The molecule has 0 saturated carbocycles. The molecule has 0 spiro atoms. The second kappa shape index (κ2) is 4.64. The summed E-state index contributed by atoms with van der Waals surface area (Å²) >= 11 is 0. The van der Waals surface area contributed by atoms with E-state index in [1.54, 1.807) is 0 Å². The van der Waals surface area contributed by atoms with Gasteiger partial charge in [0, 0.05) is 0 Å². The molecule has 2 saturated heterocycles. The van der Waals surface area contributed by atoms with Gasteiger partial charge in [-0.05, 0) is 27.7 Å². The Hall–Kier alpha value is -0.780. The largest absolute Gasteiger partial charge is 0.459 e. The van der Waals surface area contributed by atoms with Gasteiger partial charge in [-0.1, -0.05) is 0 Å². The molecule has 2 nitrogen and oxygen atoms in total. The third kappa shape index (κ3) is 2.87. The van der Waals surface area contributed by atoms with Crippen molar-refractivity contribution >= 4 is 0 Å². The highest BCUT2D eigenvalue weighted by molar-refractivity contribution is 5.13. The quantitative estimate of drug-likeness (QED) is 0.497. The molecular weight excluding hydrogens is 354 g/mol. The monoisotopic (exact) mass is 366 g/mol. The van der Waals surface area contributed by atoms with Crippen LogP contribution in [-0.4, -0.2) is 41.2 Å². The molecule has 0 bridgehead atoms. The predicted molar refractivity (Wildman–Crippen MR) is 55.1 cm³/mol. The van der Waals surface area contributed by atoms with E-state index in [2.05, 4.69) is 9.47 Å². The highest BCUT2D eigenvalue weighted by Crippen LogP contribution is 2.62. The summed E-state index contributed by atoms with van der Waals surface area (Å²) in [6.07, 6.45) is -10.8. The van der Waals surface area contributed by atoms with Gasteiger partial charge in [0.25, 0.3) is 0 Å². The highest BCUT2D eigenvalue weighted by atomic mass is 19.4. The molecule has 0 N–H and O–H groups in total. The maximum Gasteiger partial charge on any atom is 0.459 e. The van der Waals surface area contributed by atoms with E-state index in [1.165, 1.54) is 0 Å². The molecule has 0 aromatic rings. The van der Waals surface area contributed by atoms with E-state index < -0.39 is 41.2 Å². The minimum atomic E-state index is -5.94. The molecule has 2 atom stereocenters. The van der Waals surface area contributed by atoms with E-state index in [1.807, 2.05) is 0 Å². The van der Waals surface area contributed by atoms with Crippen molar-refractivity contribution in [2.75, 3.05) is 0 Å². The van der Waals surface area contributed by atoms with E-state index >= 15 is 0 Å². The number of hydrogen-bond acceptors (Lipinski definition) is 2. The zero-order chi connectivity index (χ0) is 18.9. The van der Waals surface area contributed by atoms with Crippen LogP contribution >= 0.6 is 0 Å². The van der Waals surface area contributed by atoms with Gasteiger partial charge in [-0.25, -0.2) is 4.39 Å². The van der Waals surface area contributed by atoms with Gasteiger partial charge in [-0.3, -0.25) is 0 Å². The summed E-state index contributed by atoms with van der Waals surface area (Å²) < 4.78 is 127. The van der Waals surface area contributed by atoms with Gasteiger partial charge in [0.1, 0.15) is 11.2 Å². The Bertz CT molecular complexity index is 480. The summed E-state index contributed by atoms with van der Waals surface area (Å²) in [6, 6.07) is 0. The second-order valence-electron chi connectivity index (χ2n) is 5.99. The van der Waals surface area contributed by atoms with Crippen LogP contribution in [0.2, 0.25) is 0 Å². The number of ether oxygens (including phenoxy) is 2. The maximum atomic E-state index is 12.9. The van der Waals surface area contributed by atoms with Gasteiger partial charge >= 0.3 is 30.0 Å². The topological polar surface area (TPSA) is 25.1 Å². The number of alkyl halides is 10. The summed E-state index contributed by atoms with van der Waals surface area (Å²) in [5.41, 5.74) is -3.79. The summed E-state index contributed by atoms with van der Waals surface area (Å²) in [5, 5.41) is 0. The average molecular weight is 366 g/mol. The van der Waals surface area contributed by atoms with Gasteiger partial charge in [0.2, 0.25) is 0 Å². The maximum absolute atomic E-state index is 12.9. The van der Waals surface area contributed by atoms with Crippen molar-refractivity contribution in [2.45, 2.75) is 68.9 Å². The summed E-state index contributed by atoms with van der Waals surface area (Å²) in [7, 11) is 0. The van der Waals surface area contributed by atoms with Crippen LogP contribution in [-0.2, 0) is 9.47 Å². The standard InChI is InChI=1S/C6H6F6O.C5H6F4O/c1-3(2)5(9,13-3)4(7,8)6(10,11)12;1-3(2)4(6,10-3)5(7,8)9/h1-2H3;1-2H3. The number of halogens is 10. The molecule has 0 amide bonds. The SMILES string of the molecule is CC1(C)OC1(F)C(F)(F)C(F)(F)F.CC1(C)OC1(F)C(F)(F)F. The molecular formula is C11H12F10O2. The Morgan fingerprint density at radius 2 is 0.870 bits per heavy atom. The fourth-order valence-electron chi connectivity index (χ4n) is 1.68. The van der Waals surface area contributed by atoms with E-state index in [0.717, 1.165) is 27.7 Å². The first-order valence-electron chi connectivity index (χ1n) is 5.96. The Kier molecular flexibility index (Phi) is 4.09. The Labute approximate surface area is 123 Å². The van der Waals surface area contributed by atoms with Gasteiger partial charge < -0.3 is 9.47 Å². The van der Waals surface area contributed by atoms with Crippen molar-refractivity contribution < 1.29 is 53.4 Å². The molecule has 2 aliphatic rings.